The molecule has 3 rings (SSSR count). The number of nitrogens with zero attached hydrogens (tertiary/aromatic N) is 3. The second-order valence-corrected chi connectivity index (χ2v) is 8.16. The molecule has 0 aliphatic rings. The zero-order valence-electron chi connectivity index (χ0n) is 17.4. The van der Waals surface area contributed by atoms with Crippen molar-refractivity contribution in [1.29, 1.82) is 0 Å². The van der Waals surface area contributed by atoms with Gasteiger partial charge in [-0.25, -0.2) is 0 Å². The van der Waals surface area contributed by atoms with Gasteiger partial charge in [0.15, 0.2) is 0 Å². The van der Waals surface area contributed by atoms with Crippen LogP contribution in [0.2, 0.25) is 0 Å². The first-order chi connectivity index (χ1) is 13.9. The normalized spacial score (nSPS) is 12.2. The third-order valence-corrected chi connectivity index (χ3v) is 5.24. The van der Waals surface area contributed by atoms with Crippen molar-refractivity contribution in [2.24, 2.45) is 7.05 Å². The van der Waals surface area contributed by atoms with Crippen LogP contribution >= 0.6 is 11.3 Å². The van der Waals surface area contributed by atoms with Crippen molar-refractivity contribution >= 4 is 17.2 Å². The third-order valence-electron chi connectivity index (χ3n) is 4.51. The van der Waals surface area contributed by atoms with Crippen molar-refractivity contribution in [3.05, 3.63) is 69.7 Å². The molecule has 0 bridgehead atoms. The van der Waals surface area contributed by atoms with Crippen molar-refractivity contribution in [3.8, 4) is 5.75 Å². The number of aryl methyl sites for hydroxylation is 2. The number of hydrogen-bond donors (Lipinski definition) is 1. The van der Waals surface area contributed by atoms with Crippen LogP contribution in [-0.2, 0) is 20.1 Å². The van der Waals surface area contributed by atoms with Crippen LogP contribution in [0.5, 0.6) is 5.75 Å². The largest absolute Gasteiger partial charge is 0.489 e. The Balaban J connectivity index is 1.50. The van der Waals surface area contributed by atoms with Gasteiger partial charge in [0.05, 0.1) is 12.2 Å². The van der Waals surface area contributed by atoms with E-state index in [0.29, 0.717) is 12.2 Å². The molecule has 29 heavy (non-hydrogen) atoms. The number of amides is 1. The summed E-state index contributed by atoms with van der Waals surface area (Å²) in [6.07, 6.45) is -0.146. The summed E-state index contributed by atoms with van der Waals surface area (Å²) in [6, 6.07) is 12.1. The summed E-state index contributed by atoms with van der Waals surface area (Å²) in [5.41, 5.74) is 3.90. The molecular weight excluding hydrogens is 384 g/mol. The molecule has 7 heteroatoms. The number of rotatable bonds is 9. The van der Waals surface area contributed by atoms with Gasteiger partial charge in [0.2, 0.25) is 0 Å². The summed E-state index contributed by atoms with van der Waals surface area (Å²) in [5, 5.41) is 11.4. The zero-order chi connectivity index (χ0) is 20.8. The van der Waals surface area contributed by atoms with E-state index in [-0.39, 0.29) is 12.0 Å². The van der Waals surface area contributed by atoms with Crippen LogP contribution in [0.25, 0.3) is 0 Å². The van der Waals surface area contributed by atoms with E-state index in [1.807, 2.05) is 26.0 Å². The molecule has 154 valence electrons. The average molecular weight is 413 g/mol. The molecule has 3 aromatic rings. The fourth-order valence-electron chi connectivity index (χ4n) is 3.20. The van der Waals surface area contributed by atoms with Crippen molar-refractivity contribution in [1.82, 2.24) is 20.0 Å². The highest BCUT2D eigenvalue weighted by molar-refractivity contribution is 7.07. The Kier molecular flexibility index (Phi) is 7.06. The van der Waals surface area contributed by atoms with Crippen LogP contribution in [0, 0.1) is 6.92 Å². The minimum atomic E-state index is -0.146. The summed E-state index contributed by atoms with van der Waals surface area (Å²) < 4.78 is 7.60. The fourth-order valence-corrected chi connectivity index (χ4v) is 3.86. The summed E-state index contributed by atoms with van der Waals surface area (Å²) in [4.78, 5) is 14.6. The maximum atomic E-state index is 12.3. The SMILES string of the molecule is Cc1cc(C(=O)NC[C@@H](C)Oc2cccc(CN(C)Cc3ccsc3)c2)n(C)n1. The molecule has 0 unspecified atom stereocenters. The second kappa shape index (κ2) is 9.71. The molecule has 2 heterocycles. The first-order valence-electron chi connectivity index (χ1n) is 9.65. The quantitative estimate of drug-likeness (QED) is 0.583. The first-order valence-corrected chi connectivity index (χ1v) is 10.6. The van der Waals surface area contributed by atoms with Crippen molar-refractivity contribution < 1.29 is 9.53 Å². The lowest BCUT2D eigenvalue weighted by Gasteiger charge is -2.18. The summed E-state index contributed by atoms with van der Waals surface area (Å²) in [6.45, 7) is 6.01. The number of benzene rings is 1. The minimum Gasteiger partial charge on any atom is -0.489 e. The van der Waals surface area contributed by atoms with Gasteiger partial charge in [0, 0.05) is 20.1 Å². The Morgan fingerprint density at radius 1 is 1.28 bits per heavy atom. The highest BCUT2D eigenvalue weighted by atomic mass is 32.1. The van der Waals surface area contributed by atoms with E-state index in [2.05, 4.69) is 51.3 Å². The monoisotopic (exact) mass is 412 g/mol. The Labute approximate surface area is 176 Å². The molecule has 1 amide bonds. The molecule has 0 spiro atoms. The number of carbonyl (C=O) groups excluding carboxylic acids is 1. The molecule has 2 aromatic heterocycles. The first kappa shape index (κ1) is 21.1. The fraction of sp³-hybridized carbons (Fsp3) is 0.364. The molecule has 0 saturated carbocycles. The van der Waals surface area contributed by atoms with Crippen LogP contribution in [0.4, 0.5) is 0 Å². The summed E-state index contributed by atoms with van der Waals surface area (Å²) in [7, 11) is 3.88. The molecule has 6 nitrogen and oxygen atoms in total. The predicted molar refractivity (Wildman–Crippen MR) is 116 cm³/mol. The Morgan fingerprint density at radius 3 is 2.76 bits per heavy atom. The maximum absolute atomic E-state index is 12.3. The number of aromatic nitrogens is 2. The van der Waals surface area contributed by atoms with Crippen molar-refractivity contribution in [2.45, 2.75) is 33.0 Å². The predicted octanol–water partition coefficient (Wildman–Crippen LogP) is 3.62. The lowest BCUT2D eigenvalue weighted by atomic mass is 10.2. The van der Waals surface area contributed by atoms with Gasteiger partial charge in [-0.15, -0.1) is 0 Å². The van der Waals surface area contributed by atoms with Crippen LogP contribution < -0.4 is 10.1 Å². The van der Waals surface area contributed by atoms with Gasteiger partial charge in [-0.3, -0.25) is 14.4 Å². The lowest BCUT2D eigenvalue weighted by Crippen LogP contribution is -2.34. The number of carbonyl (C=O) groups is 1. The third kappa shape index (κ3) is 6.17. The highest BCUT2D eigenvalue weighted by Crippen LogP contribution is 2.17. The van der Waals surface area contributed by atoms with Crippen molar-refractivity contribution in [2.75, 3.05) is 13.6 Å². The molecule has 0 aliphatic heterocycles. The molecule has 0 fully saturated rings. The number of ether oxygens (including phenoxy) is 1. The lowest BCUT2D eigenvalue weighted by molar-refractivity contribution is 0.0922. The van der Waals surface area contributed by atoms with E-state index in [0.717, 1.165) is 24.5 Å². The number of nitrogens with one attached hydrogen (secondary N) is 1. The van der Waals surface area contributed by atoms with E-state index in [1.165, 1.54) is 11.1 Å². The molecule has 0 radical (unpaired) electrons. The molecule has 1 aromatic carbocycles. The topological polar surface area (TPSA) is 59.4 Å². The molecular formula is C22H28N4O2S. The van der Waals surface area contributed by atoms with Gasteiger partial charge in [-0.05, 0) is 67.0 Å². The summed E-state index contributed by atoms with van der Waals surface area (Å²) >= 11 is 1.72. The zero-order valence-corrected chi connectivity index (χ0v) is 18.2. The van der Waals surface area contributed by atoms with Gasteiger partial charge in [-0.2, -0.15) is 16.4 Å². The minimum absolute atomic E-state index is 0.146. The Hall–Kier alpha value is -2.64. The highest BCUT2D eigenvalue weighted by Gasteiger charge is 2.13. The van der Waals surface area contributed by atoms with E-state index in [4.69, 9.17) is 4.74 Å². The van der Waals surface area contributed by atoms with Crippen LogP contribution in [-0.4, -0.2) is 40.3 Å². The second-order valence-electron chi connectivity index (χ2n) is 7.38. The Bertz CT molecular complexity index is 936. The molecule has 1 N–H and O–H groups in total. The van der Waals surface area contributed by atoms with Gasteiger partial charge in [0.25, 0.3) is 5.91 Å². The molecule has 0 aliphatic carbocycles. The van der Waals surface area contributed by atoms with Gasteiger partial charge in [0.1, 0.15) is 17.5 Å². The molecule has 1 atom stereocenters. The molecule has 0 saturated heterocycles. The van der Waals surface area contributed by atoms with Gasteiger partial charge < -0.3 is 10.1 Å². The van der Waals surface area contributed by atoms with E-state index in [1.54, 1.807) is 29.1 Å². The van der Waals surface area contributed by atoms with Crippen molar-refractivity contribution in [3.63, 3.8) is 0 Å². The van der Waals surface area contributed by atoms with Crippen LogP contribution in [0.15, 0.2) is 47.2 Å². The van der Waals surface area contributed by atoms with E-state index in [9.17, 15) is 4.79 Å². The summed E-state index contributed by atoms with van der Waals surface area (Å²) in [5.74, 6) is 0.664. The van der Waals surface area contributed by atoms with Crippen LogP contribution in [0.3, 0.4) is 0 Å². The smallest absolute Gasteiger partial charge is 0.269 e. The average Bonchev–Trinajstić information content (AvgIpc) is 3.29. The van der Waals surface area contributed by atoms with Gasteiger partial charge in [-0.1, -0.05) is 12.1 Å². The maximum Gasteiger partial charge on any atom is 0.269 e. The standard InChI is InChI=1S/C22H28N4O2S/c1-16-10-21(26(4)24-16)22(27)23-12-17(2)28-20-7-5-6-18(11-20)13-25(3)14-19-8-9-29-15-19/h5-11,15,17H,12-14H2,1-4H3,(H,23,27)/t17-/m1/s1. The number of thiophene rings is 1. The van der Waals surface area contributed by atoms with E-state index >= 15 is 0 Å². The van der Waals surface area contributed by atoms with E-state index < -0.39 is 0 Å². The Morgan fingerprint density at radius 2 is 2.07 bits per heavy atom. The van der Waals surface area contributed by atoms with Crippen LogP contribution in [0.1, 0.15) is 34.2 Å². The number of hydrogen-bond acceptors (Lipinski definition) is 5. The van der Waals surface area contributed by atoms with Gasteiger partial charge >= 0.3 is 0 Å².